The van der Waals surface area contributed by atoms with Gasteiger partial charge in [-0.1, -0.05) is 18.2 Å². The van der Waals surface area contributed by atoms with E-state index >= 15 is 0 Å². The number of hydrogen-bond donors (Lipinski definition) is 1. The second kappa shape index (κ2) is 10.6. The number of fused-ring (bicyclic) bond motifs is 1. The summed E-state index contributed by atoms with van der Waals surface area (Å²) in [6, 6.07) is 12.6. The fraction of sp³-hybridized carbons (Fsp3) is 0.296. The molecule has 0 radical (unpaired) electrons. The van der Waals surface area contributed by atoms with Crippen LogP contribution in [0.1, 0.15) is 35.5 Å². The van der Waals surface area contributed by atoms with Gasteiger partial charge in [-0.25, -0.2) is 0 Å². The van der Waals surface area contributed by atoms with E-state index in [4.69, 9.17) is 13.9 Å². The largest absolute Gasteiger partial charge is 0.497 e. The molecule has 0 saturated carbocycles. The smallest absolute Gasteiger partial charge is 0.246 e. The van der Waals surface area contributed by atoms with E-state index in [1.54, 1.807) is 36.3 Å². The molecule has 0 unspecified atom stereocenters. The van der Waals surface area contributed by atoms with Gasteiger partial charge in [0, 0.05) is 31.5 Å². The van der Waals surface area contributed by atoms with Crippen molar-refractivity contribution in [1.82, 2.24) is 4.90 Å². The van der Waals surface area contributed by atoms with Crippen molar-refractivity contribution in [2.45, 2.75) is 20.3 Å². The molecule has 1 fully saturated rings. The highest BCUT2D eigenvalue weighted by atomic mass is 16.5. The van der Waals surface area contributed by atoms with Gasteiger partial charge in [-0.05, 0) is 47.9 Å². The van der Waals surface area contributed by atoms with Gasteiger partial charge in [0.15, 0.2) is 11.5 Å². The molecule has 1 N–H and O–H groups in total. The van der Waals surface area contributed by atoms with Crippen LogP contribution in [0.2, 0.25) is 0 Å². The maximum absolute atomic E-state index is 12.8. The van der Waals surface area contributed by atoms with Crippen LogP contribution < -0.4 is 10.1 Å². The molecular formula is C27H28N2O6. The van der Waals surface area contributed by atoms with E-state index in [1.807, 2.05) is 31.2 Å². The molecule has 1 aliphatic heterocycles. The predicted octanol–water partition coefficient (Wildman–Crippen LogP) is 4.09. The van der Waals surface area contributed by atoms with Crippen molar-refractivity contribution in [3.05, 3.63) is 65.4 Å². The minimum absolute atomic E-state index is 0.0736. The second-order valence-electron chi connectivity index (χ2n) is 8.41. The summed E-state index contributed by atoms with van der Waals surface area (Å²) >= 11 is 0. The number of carbonyl (C=O) groups is 3. The summed E-state index contributed by atoms with van der Waals surface area (Å²) in [5, 5.41) is 3.46. The molecule has 1 aromatic heterocycles. The number of Topliss-reactive ketones (excluding diaryl/α,β-unsaturated/α-hetero) is 1. The molecular weight excluding hydrogens is 448 g/mol. The van der Waals surface area contributed by atoms with Crippen molar-refractivity contribution in [1.29, 1.82) is 0 Å². The van der Waals surface area contributed by atoms with E-state index in [9.17, 15) is 14.4 Å². The Morgan fingerprint density at radius 3 is 2.43 bits per heavy atom. The minimum atomic E-state index is -0.294. The normalized spacial score (nSPS) is 14.1. The van der Waals surface area contributed by atoms with Gasteiger partial charge in [0.05, 0.1) is 32.4 Å². The molecule has 1 aliphatic rings. The Kier molecular flexibility index (Phi) is 7.31. The van der Waals surface area contributed by atoms with E-state index in [1.165, 1.54) is 6.92 Å². The molecule has 3 aromatic rings. The highest BCUT2D eigenvalue weighted by Gasteiger charge is 2.21. The van der Waals surface area contributed by atoms with Crippen molar-refractivity contribution in [3.63, 3.8) is 0 Å². The van der Waals surface area contributed by atoms with E-state index in [2.05, 4.69) is 5.32 Å². The van der Waals surface area contributed by atoms with Crippen molar-refractivity contribution in [2.24, 2.45) is 0 Å². The van der Waals surface area contributed by atoms with Gasteiger partial charge in [-0.2, -0.15) is 0 Å². The van der Waals surface area contributed by atoms with Crippen molar-refractivity contribution in [2.75, 3.05) is 38.7 Å². The molecule has 2 aromatic carbocycles. The fourth-order valence-corrected chi connectivity index (χ4v) is 3.97. The third-order valence-corrected chi connectivity index (χ3v) is 5.91. The quantitative estimate of drug-likeness (QED) is 0.408. The lowest BCUT2D eigenvalue weighted by Crippen LogP contribution is -2.39. The Balaban J connectivity index is 1.60. The molecule has 4 rings (SSSR count). The highest BCUT2D eigenvalue weighted by molar-refractivity contribution is 6.11. The van der Waals surface area contributed by atoms with Crippen molar-refractivity contribution in [3.8, 4) is 5.75 Å². The molecule has 1 saturated heterocycles. The van der Waals surface area contributed by atoms with Crippen LogP contribution in [-0.4, -0.2) is 55.9 Å². The topological polar surface area (TPSA) is 98.1 Å². The maximum Gasteiger partial charge on any atom is 0.246 e. The molecule has 8 heteroatoms. The zero-order chi connectivity index (χ0) is 24.9. The summed E-state index contributed by atoms with van der Waals surface area (Å²) in [7, 11) is 1.58. The van der Waals surface area contributed by atoms with Crippen LogP contribution in [0.25, 0.3) is 16.5 Å². The zero-order valence-corrected chi connectivity index (χ0v) is 20.1. The van der Waals surface area contributed by atoms with Crippen LogP contribution in [0.4, 0.5) is 5.69 Å². The van der Waals surface area contributed by atoms with Crippen molar-refractivity contribution >= 4 is 39.8 Å². The molecule has 2 heterocycles. The van der Waals surface area contributed by atoms with Crippen LogP contribution in [0.3, 0.4) is 0 Å². The van der Waals surface area contributed by atoms with Crippen LogP contribution in [0, 0.1) is 0 Å². The number of nitrogens with zero attached hydrogens (tertiary/aromatic N) is 1. The predicted molar refractivity (Wildman–Crippen MR) is 133 cm³/mol. The number of furan rings is 1. The Bertz CT molecular complexity index is 1280. The first-order chi connectivity index (χ1) is 16.9. The summed E-state index contributed by atoms with van der Waals surface area (Å²) in [4.78, 5) is 39.5. The third-order valence-electron chi connectivity index (χ3n) is 5.91. The zero-order valence-electron chi connectivity index (χ0n) is 20.1. The molecule has 8 nitrogen and oxygen atoms in total. The van der Waals surface area contributed by atoms with Gasteiger partial charge in [-0.3, -0.25) is 14.4 Å². The number of hydrogen-bond acceptors (Lipinski definition) is 6. The number of methoxy groups -OCH3 is 1. The van der Waals surface area contributed by atoms with Crippen LogP contribution >= 0.6 is 0 Å². The summed E-state index contributed by atoms with van der Waals surface area (Å²) in [6.45, 7) is 5.45. The summed E-state index contributed by atoms with van der Waals surface area (Å²) in [5.74, 6) is 0.150. The molecule has 2 amide bonds. The monoisotopic (exact) mass is 476 g/mol. The van der Waals surface area contributed by atoms with Crippen molar-refractivity contribution < 1.29 is 28.3 Å². The summed E-state index contributed by atoms with van der Waals surface area (Å²) < 4.78 is 16.2. The molecule has 0 atom stereocenters. The van der Waals surface area contributed by atoms with Crippen LogP contribution in [0.15, 0.2) is 53.0 Å². The molecule has 0 aliphatic carbocycles. The van der Waals surface area contributed by atoms with Gasteiger partial charge in [-0.15, -0.1) is 0 Å². The molecule has 35 heavy (non-hydrogen) atoms. The number of ether oxygens (including phenoxy) is 2. The minimum Gasteiger partial charge on any atom is -0.497 e. The first-order valence-electron chi connectivity index (χ1n) is 11.4. The Morgan fingerprint density at radius 2 is 1.77 bits per heavy atom. The van der Waals surface area contributed by atoms with Gasteiger partial charge < -0.3 is 24.1 Å². The number of amides is 2. The van der Waals surface area contributed by atoms with Crippen LogP contribution in [0.5, 0.6) is 5.75 Å². The number of ketones is 1. The lowest BCUT2D eigenvalue weighted by atomic mass is 10.0. The number of carbonyl (C=O) groups excluding carboxylic acids is 3. The lowest BCUT2D eigenvalue weighted by molar-refractivity contribution is -0.129. The summed E-state index contributed by atoms with van der Waals surface area (Å²) in [6.07, 6.45) is 1.72. The second-order valence-corrected chi connectivity index (χ2v) is 8.41. The third kappa shape index (κ3) is 5.60. The average Bonchev–Trinajstić information content (AvgIpc) is 3.22. The van der Waals surface area contributed by atoms with E-state index in [0.29, 0.717) is 48.7 Å². The number of rotatable bonds is 7. The fourth-order valence-electron chi connectivity index (χ4n) is 3.97. The van der Waals surface area contributed by atoms with E-state index < -0.39 is 0 Å². The molecule has 182 valence electrons. The molecule has 0 spiro atoms. The Morgan fingerprint density at radius 1 is 1.06 bits per heavy atom. The first kappa shape index (κ1) is 24.2. The number of morpholine rings is 1. The van der Waals surface area contributed by atoms with Gasteiger partial charge in [0.25, 0.3) is 0 Å². The van der Waals surface area contributed by atoms with E-state index in [-0.39, 0.29) is 29.8 Å². The maximum atomic E-state index is 12.8. The lowest BCUT2D eigenvalue weighted by Gasteiger charge is -2.25. The SMILES string of the molecule is COc1ccc(CC(=O)Nc2c(C(C)=O)oc3ccc(C(C)=CC(=O)N4CCOCC4)cc23)cc1. The van der Waals surface area contributed by atoms with Gasteiger partial charge >= 0.3 is 0 Å². The molecule has 0 bridgehead atoms. The number of benzene rings is 2. The number of allylic oxidation sites excluding steroid dienone is 1. The highest BCUT2D eigenvalue weighted by Crippen LogP contribution is 2.34. The summed E-state index contributed by atoms with van der Waals surface area (Å²) in [5.41, 5.74) is 3.18. The number of nitrogens with one attached hydrogen (secondary N) is 1. The standard InChI is InChI=1S/C27H28N2O6/c1-17(14-25(32)29-10-12-34-13-11-29)20-6-9-23-22(16-20)26(27(35-23)18(2)30)28-24(31)15-19-4-7-21(33-3)8-5-19/h4-9,14,16H,10-13,15H2,1-3H3,(H,28,31). The van der Waals surface area contributed by atoms with Crippen LogP contribution in [-0.2, 0) is 20.7 Å². The number of anilines is 1. The van der Waals surface area contributed by atoms with Gasteiger partial charge in [0.2, 0.25) is 11.8 Å². The average molecular weight is 477 g/mol. The Hall–Kier alpha value is -3.91. The van der Waals surface area contributed by atoms with E-state index in [0.717, 1.165) is 16.7 Å². The van der Waals surface area contributed by atoms with Gasteiger partial charge in [0.1, 0.15) is 11.3 Å². The Labute approximate surface area is 203 Å². The first-order valence-corrected chi connectivity index (χ1v) is 11.4.